The molecule has 0 atom stereocenters. The summed E-state index contributed by atoms with van der Waals surface area (Å²) in [6.07, 6.45) is 1.71. The molecule has 0 aliphatic rings. The van der Waals surface area contributed by atoms with Gasteiger partial charge in [0.15, 0.2) is 11.5 Å². The molecule has 7 nitrogen and oxygen atoms in total. The maximum atomic E-state index is 13.2. The minimum atomic E-state index is -0.393. The molecule has 2 aromatic carbocycles. The van der Waals surface area contributed by atoms with Crippen molar-refractivity contribution in [2.45, 2.75) is 26.6 Å². The predicted molar refractivity (Wildman–Crippen MR) is 116 cm³/mol. The Hall–Kier alpha value is -2.65. The lowest BCUT2D eigenvalue weighted by molar-refractivity contribution is 0.267. The molecule has 30 heavy (non-hydrogen) atoms. The van der Waals surface area contributed by atoms with Crippen LogP contribution in [0.1, 0.15) is 18.1 Å². The van der Waals surface area contributed by atoms with Crippen LogP contribution in [0.15, 0.2) is 47.5 Å². The summed E-state index contributed by atoms with van der Waals surface area (Å²) in [5, 5.41) is 15.0. The van der Waals surface area contributed by atoms with Gasteiger partial charge in [-0.15, -0.1) is 6.58 Å². The average molecular weight is 497 g/mol. The molecule has 0 fully saturated rings. The topological polar surface area (TPSA) is 74.1 Å². The van der Waals surface area contributed by atoms with Crippen molar-refractivity contribution in [3.8, 4) is 11.5 Å². The average Bonchev–Trinajstić information content (AvgIpc) is 3.15. The van der Waals surface area contributed by atoms with Crippen LogP contribution in [0.4, 0.5) is 10.3 Å². The van der Waals surface area contributed by atoms with E-state index in [4.69, 9.17) is 21.1 Å². The number of nitrogens with zero attached hydrogens (tertiary/aromatic N) is 4. The number of nitrogens with one attached hydrogen (secondary N) is 1. The highest BCUT2D eigenvalue weighted by Crippen LogP contribution is 2.38. The maximum absolute atomic E-state index is 13.2. The number of ether oxygens (including phenoxy) is 2. The summed E-state index contributed by atoms with van der Waals surface area (Å²) in [7, 11) is 0. The molecule has 0 radical (unpaired) electrons. The van der Waals surface area contributed by atoms with Crippen LogP contribution in [0.25, 0.3) is 0 Å². The van der Waals surface area contributed by atoms with Gasteiger partial charge < -0.3 is 14.8 Å². The van der Waals surface area contributed by atoms with Gasteiger partial charge in [-0.1, -0.05) is 28.8 Å². The molecule has 1 N–H and O–H groups in total. The van der Waals surface area contributed by atoms with E-state index in [1.54, 1.807) is 16.8 Å². The van der Waals surface area contributed by atoms with E-state index < -0.39 is 5.82 Å². The molecule has 0 saturated carbocycles. The van der Waals surface area contributed by atoms with Gasteiger partial charge in [-0.2, -0.15) is 0 Å². The highest BCUT2D eigenvalue weighted by Gasteiger charge is 2.14. The van der Waals surface area contributed by atoms with Crippen LogP contribution in [-0.4, -0.2) is 26.8 Å². The zero-order chi connectivity index (χ0) is 21.5. The van der Waals surface area contributed by atoms with Gasteiger partial charge in [0.25, 0.3) is 0 Å². The van der Waals surface area contributed by atoms with E-state index in [1.165, 1.54) is 12.1 Å². The Labute approximate surface area is 187 Å². The van der Waals surface area contributed by atoms with Crippen LogP contribution < -0.4 is 14.8 Å². The van der Waals surface area contributed by atoms with Crippen LogP contribution in [0.5, 0.6) is 11.5 Å². The lowest BCUT2D eigenvalue weighted by atomic mass is 10.2. The number of halogens is 3. The third kappa shape index (κ3) is 5.48. The Bertz CT molecular complexity index is 1030. The van der Waals surface area contributed by atoms with E-state index in [0.29, 0.717) is 52.2 Å². The second-order valence-electron chi connectivity index (χ2n) is 6.19. The Morgan fingerprint density at radius 2 is 2.13 bits per heavy atom. The Kier molecular flexibility index (Phi) is 7.64. The quantitative estimate of drug-likeness (QED) is 0.398. The Morgan fingerprint density at radius 3 is 2.87 bits per heavy atom. The minimum absolute atomic E-state index is 0.172. The number of aromatic nitrogens is 4. The number of anilines is 1. The molecule has 1 heterocycles. The molecule has 0 saturated heterocycles. The smallest absolute Gasteiger partial charge is 0.243 e. The van der Waals surface area contributed by atoms with E-state index in [2.05, 4.69) is 43.4 Å². The van der Waals surface area contributed by atoms with Crippen molar-refractivity contribution in [3.63, 3.8) is 0 Å². The summed E-state index contributed by atoms with van der Waals surface area (Å²) in [6.45, 7) is 7.20. The fraction of sp³-hybridized carbons (Fsp3) is 0.250. The van der Waals surface area contributed by atoms with Gasteiger partial charge in [-0.25, -0.2) is 9.07 Å². The van der Waals surface area contributed by atoms with E-state index in [9.17, 15) is 4.39 Å². The molecular weight excluding hydrogens is 477 g/mol. The second kappa shape index (κ2) is 10.4. The summed E-state index contributed by atoms with van der Waals surface area (Å²) in [6, 6.07) is 7.99. The number of hydrogen-bond acceptors (Lipinski definition) is 6. The molecule has 0 aliphatic heterocycles. The molecule has 10 heteroatoms. The van der Waals surface area contributed by atoms with Crippen LogP contribution in [0.2, 0.25) is 5.02 Å². The van der Waals surface area contributed by atoms with Gasteiger partial charge >= 0.3 is 0 Å². The molecule has 0 amide bonds. The van der Waals surface area contributed by atoms with Crippen molar-refractivity contribution < 1.29 is 13.9 Å². The van der Waals surface area contributed by atoms with Gasteiger partial charge in [-0.3, -0.25) is 0 Å². The van der Waals surface area contributed by atoms with Gasteiger partial charge in [-0.05, 0) is 63.1 Å². The first-order valence-electron chi connectivity index (χ1n) is 9.14. The van der Waals surface area contributed by atoms with E-state index >= 15 is 0 Å². The molecule has 3 rings (SSSR count). The summed E-state index contributed by atoms with van der Waals surface area (Å²) < 4.78 is 27.3. The maximum Gasteiger partial charge on any atom is 0.243 e. The van der Waals surface area contributed by atoms with Gasteiger partial charge in [0.2, 0.25) is 5.95 Å². The van der Waals surface area contributed by atoms with Crippen LogP contribution in [0.3, 0.4) is 0 Å². The molecule has 0 unspecified atom stereocenters. The SMILES string of the molecule is C=CCn1nnnc1NCc1cc(Br)c(OCc2ccc(F)cc2Cl)c(OCC)c1. The van der Waals surface area contributed by atoms with Gasteiger partial charge in [0, 0.05) is 12.1 Å². The number of tetrazole rings is 1. The zero-order valence-corrected chi connectivity index (χ0v) is 18.6. The normalized spacial score (nSPS) is 10.7. The molecule has 3 aromatic rings. The van der Waals surface area contributed by atoms with Crippen molar-refractivity contribution in [2.75, 3.05) is 11.9 Å². The van der Waals surface area contributed by atoms with Crippen molar-refractivity contribution in [1.29, 1.82) is 0 Å². The van der Waals surface area contributed by atoms with Crippen LogP contribution >= 0.6 is 27.5 Å². The highest BCUT2D eigenvalue weighted by atomic mass is 79.9. The third-order valence-electron chi connectivity index (χ3n) is 4.04. The van der Waals surface area contributed by atoms with E-state index in [1.807, 2.05) is 19.1 Å². The highest BCUT2D eigenvalue weighted by molar-refractivity contribution is 9.10. The molecule has 0 spiro atoms. The number of benzene rings is 2. The van der Waals surface area contributed by atoms with Crippen molar-refractivity contribution in [3.05, 3.63) is 69.4 Å². The van der Waals surface area contributed by atoms with Gasteiger partial charge in [0.1, 0.15) is 12.4 Å². The first-order chi connectivity index (χ1) is 14.5. The molecule has 0 bridgehead atoms. The Morgan fingerprint density at radius 1 is 1.30 bits per heavy atom. The van der Waals surface area contributed by atoms with Crippen molar-refractivity contribution >= 4 is 33.5 Å². The standard InChI is InChI=1S/C20H20BrClFN5O2/c1-3-7-28-20(25-26-27-28)24-11-13-8-16(21)19(18(9-13)29-4-2)30-12-14-5-6-15(23)10-17(14)22/h3,5-6,8-10H,1,4,7,11-12H2,2H3,(H,24,25,27). The largest absolute Gasteiger partial charge is 0.490 e. The van der Waals surface area contributed by atoms with E-state index in [0.717, 1.165) is 5.56 Å². The number of allylic oxidation sites excluding steroid dienone is 1. The fourth-order valence-electron chi connectivity index (χ4n) is 2.67. The summed E-state index contributed by atoms with van der Waals surface area (Å²) in [4.78, 5) is 0. The third-order valence-corrected chi connectivity index (χ3v) is 4.98. The lowest BCUT2D eigenvalue weighted by Gasteiger charge is -2.16. The fourth-order valence-corrected chi connectivity index (χ4v) is 3.50. The Balaban J connectivity index is 1.76. The minimum Gasteiger partial charge on any atom is -0.490 e. The van der Waals surface area contributed by atoms with Crippen LogP contribution in [0, 0.1) is 5.82 Å². The van der Waals surface area contributed by atoms with Gasteiger partial charge in [0.05, 0.1) is 22.6 Å². The van der Waals surface area contributed by atoms with Crippen LogP contribution in [-0.2, 0) is 19.7 Å². The summed E-state index contributed by atoms with van der Waals surface area (Å²) >= 11 is 9.64. The number of rotatable bonds is 10. The number of hydrogen-bond donors (Lipinski definition) is 1. The first kappa shape index (κ1) is 22.0. The van der Waals surface area contributed by atoms with E-state index in [-0.39, 0.29) is 6.61 Å². The van der Waals surface area contributed by atoms with Crippen molar-refractivity contribution in [2.24, 2.45) is 0 Å². The molecular formula is C20H20BrClFN5O2. The molecule has 158 valence electrons. The molecule has 0 aliphatic carbocycles. The van der Waals surface area contributed by atoms with Crippen molar-refractivity contribution in [1.82, 2.24) is 20.2 Å². The predicted octanol–water partition coefficient (Wildman–Crippen LogP) is 5.00. The second-order valence-corrected chi connectivity index (χ2v) is 7.45. The first-order valence-corrected chi connectivity index (χ1v) is 10.3. The molecule has 1 aromatic heterocycles. The monoisotopic (exact) mass is 495 g/mol. The summed E-state index contributed by atoms with van der Waals surface area (Å²) in [5.74, 6) is 1.26. The summed E-state index contributed by atoms with van der Waals surface area (Å²) in [5.41, 5.74) is 1.61. The zero-order valence-electron chi connectivity index (χ0n) is 16.2. The lowest BCUT2D eigenvalue weighted by Crippen LogP contribution is -2.09.